The van der Waals surface area contributed by atoms with Crippen LogP contribution in [-0.4, -0.2) is 19.1 Å². The molecule has 0 saturated carbocycles. The number of aromatic nitrogens is 4. The average Bonchev–Trinajstić information content (AvgIpc) is 3.86. The fraction of sp³-hybridized carbons (Fsp3) is 0. The molecule has 0 atom stereocenters. The lowest BCUT2D eigenvalue weighted by atomic mass is 9.94. The van der Waals surface area contributed by atoms with Crippen molar-refractivity contribution in [3.63, 3.8) is 0 Å². The van der Waals surface area contributed by atoms with Gasteiger partial charge in [0.25, 0.3) is 0 Å². The smallest absolute Gasteiger partial charge is 0.235 e. The van der Waals surface area contributed by atoms with Crippen molar-refractivity contribution in [1.82, 2.24) is 19.1 Å². The normalized spacial score (nSPS) is 11.9. The van der Waals surface area contributed by atoms with E-state index in [1.165, 1.54) is 65.3 Å². The second kappa shape index (κ2) is 13.6. The Kier molecular flexibility index (Phi) is 7.57. The van der Waals surface area contributed by atoms with E-state index in [4.69, 9.17) is 9.97 Å². The van der Waals surface area contributed by atoms with Gasteiger partial charge in [0, 0.05) is 38.2 Å². The lowest BCUT2D eigenvalue weighted by molar-refractivity contribution is 1.01. The van der Waals surface area contributed by atoms with E-state index < -0.39 is 0 Å². The molecular weight excluding hydrogens is 753 g/mol. The second-order valence-corrected chi connectivity index (χ2v) is 16.2. The van der Waals surface area contributed by atoms with Crippen LogP contribution in [0.1, 0.15) is 0 Å². The van der Waals surface area contributed by atoms with Crippen molar-refractivity contribution in [2.75, 3.05) is 0 Å². The molecule has 3 aromatic heterocycles. The molecule has 0 bridgehead atoms. The number of benzene rings is 10. The van der Waals surface area contributed by atoms with Gasteiger partial charge in [0.2, 0.25) is 5.95 Å². The molecule has 0 aliphatic heterocycles. The van der Waals surface area contributed by atoms with E-state index in [1.54, 1.807) is 0 Å². The van der Waals surface area contributed by atoms with E-state index in [0.717, 1.165) is 50.0 Å². The molecular formula is C58H36N4. The highest BCUT2D eigenvalue weighted by Crippen LogP contribution is 2.43. The second-order valence-electron chi connectivity index (χ2n) is 16.2. The third-order valence-corrected chi connectivity index (χ3v) is 12.7. The average molecular weight is 789 g/mol. The summed E-state index contributed by atoms with van der Waals surface area (Å²) < 4.78 is 4.68. The van der Waals surface area contributed by atoms with E-state index in [2.05, 4.69) is 228 Å². The van der Waals surface area contributed by atoms with Crippen molar-refractivity contribution in [1.29, 1.82) is 0 Å². The van der Waals surface area contributed by atoms with Gasteiger partial charge in [-0.05, 0) is 98.4 Å². The third-order valence-electron chi connectivity index (χ3n) is 12.7. The van der Waals surface area contributed by atoms with Crippen LogP contribution < -0.4 is 0 Å². The van der Waals surface area contributed by atoms with E-state index in [1.807, 2.05) is 0 Å². The fourth-order valence-corrected chi connectivity index (χ4v) is 9.87. The van der Waals surface area contributed by atoms with Crippen LogP contribution in [0, 0.1) is 0 Å². The van der Waals surface area contributed by atoms with Crippen molar-refractivity contribution in [3.05, 3.63) is 218 Å². The molecule has 0 fully saturated rings. The first-order valence-corrected chi connectivity index (χ1v) is 21.2. The van der Waals surface area contributed by atoms with Gasteiger partial charge in [0.05, 0.1) is 33.3 Å². The number of hydrogen-bond donors (Lipinski definition) is 0. The van der Waals surface area contributed by atoms with Crippen LogP contribution in [0.25, 0.3) is 121 Å². The van der Waals surface area contributed by atoms with Crippen molar-refractivity contribution >= 4 is 76.1 Å². The summed E-state index contributed by atoms with van der Waals surface area (Å²) in [6.07, 6.45) is 0. The first-order chi connectivity index (χ1) is 30.7. The standard InChI is InChI=1S/C58H36N4/c1-3-15-37(16-4-1)38-27-28-40-34-42(30-29-39(40)33-38)57-48-22-9-12-24-51(48)59-58(60-57)62-53-26-14-11-23-49(53)56-47-21-8-7-19-44(47)50(36-55(56)62)41-31-32-46-45-20-10-13-25-52(45)61(54(46)35-41)43-17-5-2-6-18-43/h1-36H. The Morgan fingerprint density at radius 1 is 0.306 bits per heavy atom. The van der Waals surface area contributed by atoms with Crippen LogP contribution in [-0.2, 0) is 0 Å². The van der Waals surface area contributed by atoms with Crippen LogP contribution in [0.3, 0.4) is 0 Å². The largest absolute Gasteiger partial charge is 0.309 e. The first kappa shape index (κ1) is 34.5. The molecule has 0 N–H and O–H groups in total. The molecule has 0 saturated heterocycles. The Balaban J connectivity index is 1.06. The van der Waals surface area contributed by atoms with Crippen LogP contribution in [0.2, 0.25) is 0 Å². The maximum atomic E-state index is 5.53. The number of fused-ring (bicyclic) bond motifs is 10. The minimum Gasteiger partial charge on any atom is -0.309 e. The molecule has 0 spiro atoms. The molecule has 0 aliphatic rings. The number of rotatable bonds is 5. The van der Waals surface area contributed by atoms with E-state index in [0.29, 0.717) is 5.95 Å². The Hall–Kier alpha value is -8.34. The van der Waals surface area contributed by atoms with E-state index >= 15 is 0 Å². The van der Waals surface area contributed by atoms with Gasteiger partial charge < -0.3 is 4.57 Å². The number of hydrogen-bond acceptors (Lipinski definition) is 2. The molecule has 4 heteroatoms. The topological polar surface area (TPSA) is 35.6 Å². The number of nitrogens with zero attached hydrogens (tertiary/aromatic N) is 4. The van der Waals surface area contributed by atoms with Crippen LogP contribution in [0.5, 0.6) is 0 Å². The third kappa shape index (κ3) is 5.27. The molecule has 0 aliphatic carbocycles. The molecule has 62 heavy (non-hydrogen) atoms. The predicted molar refractivity (Wildman–Crippen MR) is 260 cm³/mol. The summed E-state index contributed by atoms with van der Waals surface area (Å²) in [7, 11) is 0. The predicted octanol–water partition coefficient (Wildman–Crippen LogP) is 15.1. The quantitative estimate of drug-likeness (QED) is 0.174. The molecule has 3 heterocycles. The zero-order chi connectivity index (χ0) is 40.7. The van der Waals surface area contributed by atoms with Crippen molar-refractivity contribution in [2.24, 2.45) is 0 Å². The highest BCUT2D eigenvalue weighted by molar-refractivity contribution is 6.24. The molecule has 0 radical (unpaired) electrons. The Morgan fingerprint density at radius 2 is 0.887 bits per heavy atom. The molecule has 288 valence electrons. The molecule has 0 amide bonds. The maximum absolute atomic E-state index is 5.53. The Bertz CT molecular complexity index is 3920. The molecule has 10 aromatic carbocycles. The zero-order valence-corrected chi connectivity index (χ0v) is 33.6. The summed E-state index contributed by atoms with van der Waals surface area (Å²) in [4.78, 5) is 10.9. The van der Waals surface area contributed by atoms with Crippen molar-refractivity contribution < 1.29 is 0 Å². The van der Waals surface area contributed by atoms with Crippen LogP contribution in [0.4, 0.5) is 0 Å². The highest BCUT2D eigenvalue weighted by atomic mass is 15.2. The minimum atomic E-state index is 0.644. The van der Waals surface area contributed by atoms with Gasteiger partial charge in [-0.1, -0.05) is 164 Å². The highest BCUT2D eigenvalue weighted by Gasteiger charge is 2.22. The van der Waals surface area contributed by atoms with Gasteiger partial charge in [-0.15, -0.1) is 0 Å². The van der Waals surface area contributed by atoms with Crippen LogP contribution in [0.15, 0.2) is 218 Å². The van der Waals surface area contributed by atoms with Gasteiger partial charge in [-0.2, -0.15) is 0 Å². The fourth-order valence-electron chi connectivity index (χ4n) is 9.87. The van der Waals surface area contributed by atoms with Crippen LogP contribution >= 0.6 is 0 Å². The van der Waals surface area contributed by atoms with Gasteiger partial charge in [-0.25, -0.2) is 9.97 Å². The van der Waals surface area contributed by atoms with Gasteiger partial charge in [-0.3, -0.25) is 4.57 Å². The Morgan fingerprint density at radius 3 is 1.68 bits per heavy atom. The summed E-state index contributed by atoms with van der Waals surface area (Å²) in [6.45, 7) is 0. The molecule has 13 aromatic rings. The first-order valence-electron chi connectivity index (χ1n) is 21.2. The summed E-state index contributed by atoms with van der Waals surface area (Å²) in [6, 6.07) is 78.6. The summed E-state index contributed by atoms with van der Waals surface area (Å²) in [5.41, 5.74) is 13.2. The molecule has 0 unspecified atom stereocenters. The lowest BCUT2D eigenvalue weighted by Gasteiger charge is -2.14. The molecule has 4 nitrogen and oxygen atoms in total. The number of para-hydroxylation sites is 4. The van der Waals surface area contributed by atoms with Gasteiger partial charge in [0.1, 0.15) is 0 Å². The van der Waals surface area contributed by atoms with Gasteiger partial charge >= 0.3 is 0 Å². The monoisotopic (exact) mass is 788 g/mol. The summed E-state index contributed by atoms with van der Waals surface area (Å²) in [5, 5.41) is 10.6. The SMILES string of the molecule is c1ccc(-c2ccc3cc(-c4nc(-n5c6ccccc6c6c7ccccc7c(-c7ccc8c9ccccc9n(-c9ccccc9)c8c7)cc65)nc5ccccc45)ccc3c2)cc1. The molecule has 13 rings (SSSR count). The van der Waals surface area contributed by atoms with Crippen molar-refractivity contribution in [2.45, 2.75) is 0 Å². The summed E-state index contributed by atoms with van der Waals surface area (Å²) in [5.74, 6) is 0.644. The minimum absolute atomic E-state index is 0.644. The van der Waals surface area contributed by atoms with Crippen molar-refractivity contribution in [3.8, 4) is 45.1 Å². The maximum Gasteiger partial charge on any atom is 0.235 e. The Labute approximate surface area is 357 Å². The zero-order valence-electron chi connectivity index (χ0n) is 33.6. The van der Waals surface area contributed by atoms with E-state index in [-0.39, 0.29) is 0 Å². The summed E-state index contributed by atoms with van der Waals surface area (Å²) >= 11 is 0. The lowest BCUT2D eigenvalue weighted by Crippen LogP contribution is -2.03. The van der Waals surface area contributed by atoms with Gasteiger partial charge in [0.15, 0.2) is 0 Å². The van der Waals surface area contributed by atoms with E-state index in [9.17, 15) is 0 Å².